The highest BCUT2D eigenvalue weighted by molar-refractivity contribution is 6.55. The molecule has 0 aliphatic heterocycles. The van der Waals surface area contributed by atoms with Gasteiger partial charge in [0.05, 0.1) is 18.9 Å². The van der Waals surface area contributed by atoms with Gasteiger partial charge in [-0.2, -0.15) is 0 Å². The fraction of sp³-hybridized carbons (Fsp3) is 0.571. The van der Waals surface area contributed by atoms with Gasteiger partial charge >= 0.3 is 0 Å². The molecule has 0 aromatic heterocycles. The number of oxime groups is 1. The third kappa shape index (κ3) is 10.8. The first kappa shape index (κ1) is 24.6. The summed E-state index contributed by atoms with van der Waals surface area (Å²) in [5, 5.41) is 3.85. The van der Waals surface area contributed by atoms with E-state index in [1.807, 2.05) is 32.9 Å². The van der Waals surface area contributed by atoms with Gasteiger partial charge in [-0.3, -0.25) is 0 Å². The Balaban J connectivity index is 2.33. The van der Waals surface area contributed by atoms with E-state index in [1.165, 1.54) is 0 Å². The molecule has 0 spiro atoms. The third-order valence-electron chi connectivity index (χ3n) is 3.69. The van der Waals surface area contributed by atoms with E-state index in [0.29, 0.717) is 33.0 Å². The Morgan fingerprint density at radius 1 is 1.04 bits per heavy atom. The van der Waals surface area contributed by atoms with Gasteiger partial charge in [0.25, 0.3) is 0 Å². The fourth-order valence-electron chi connectivity index (χ4n) is 2.42. The van der Waals surface area contributed by atoms with Crippen molar-refractivity contribution in [1.29, 1.82) is 0 Å². The minimum Gasteiger partial charge on any atom is -0.493 e. The summed E-state index contributed by atoms with van der Waals surface area (Å²) in [7, 11) is 0. The van der Waals surface area contributed by atoms with E-state index in [0.717, 1.165) is 47.6 Å². The van der Waals surface area contributed by atoms with Crippen molar-refractivity contribution in [1.82, 2.24) is 0 Å². The Morgan fingerprint density at radius 2 is 1.79 bits per heavy atom. The highest BCUT2D eigenvalue weighted by Crippen LogP contribution is 2.30. The van der Waals surface area contributed by atoms with Crippen LogP contribution in [0.15, 0.2) is 27.9 Å². The molecule has 0 aliphatic rings. The maximum Gasteiger partial charge on any atom is 0.140 e. The molecule has 28 heavy (non-hydrogen) atoms. The van der Waals surface area contributed by atoms with Gasteiger partial charge in [0.15, 0.2) is 0 Å². The molecule has 1 rings (SSSR count). The summed E-state index contributed by atoms with van der Waals surface area (Å²) in [6, 6.07) is 3.97. The van der Waals surface area contributed by atoms with Crippen LogP contribution in [-0.4, -0.2) is 38.7 Å². The van der Waals surface area contributed by atoms with Crippen molar-refractivity contribution in [2.24, 2.45) is 5.16 Å². The number of ether oxygens (including phenoxy) is 3. The Bertz CT molecular complexity index is 640. The van der Waals surface area contributed by atoms with E-state index in [4.69, 9.17) is 42.3 Å². The molecule has 1 aromatic rings. The Hall–Kier alpha value is -1.43. The molecule has 0 radical (unpaired) electrons. The molecular weight excluding hydrogens is 401 g/mol. The first-order valence-corrected chi connectivity index (χ1v) is 10.3. The van der Waals surface area contributed by atoms with Gasteiger partial charge in [0, 0.05) is 6.61 Å². The zero-order valence-corrected chi connectivity index (χ0v) is 18.7. The zero-order valence-electron chi connectivity index (χ0n) is 17.2. The summed E-state index contributed by atoms with van der Waals surface area (Å²) in [5.74, 6) is 1.72. The number of unbranched alkanes of at least 4 members (excludes halogenated alkanes) is 1. The molecule has 0 aliphatic carbocycles. The summed E-state index contributed by atoms with van der Waals surface area (Å²) in [6.45, 7) is 10.6. The molecule has 0 amide bonds. The van der Waals surface area contributed by atoms with Gasteiger partial charge in [-0.05, 0) is 69.4 Å². The van der Waals surface area contributed by atoms with Gasteiger partial charge in [0.2, 0.25) is 0 Å². The smallest absolute Gasteiger partial charge is 0.140 e. The van der Waals surface area contributed by atoms with E-state index in [2.05, 4.69) is 12.1 Å². The predicted octanol–water partition coefficient (Wildman–Crippen LogP) is 5.84. The number of aryl methyl sites for hydroxylation is 2. The highest BCUT2D eigenvalue weighted by Gasteiger charge is 2.09. The first-order valence-electron chi connectivity index (χ1n) is 9.55. The van der Waals surface area contributed by atoms with E-state index in [9.17, 15) is 0 Å². The molecule has 0 heterocycles. The lowest BCUT2D eigenvalue weighted by atomic mass is 10.1. The predicted molar refractivity (Wildman–Crippen MR) is 116 cm³/mol. The van der Waals surface area contributed by atoms with Gasteiger partial charge in [-0.15, -0.1) is 0 Å². The van der Waals surface area contributed by atoms with Crippen molar-refractivity contribution in [3.63, 3.8) is 0 Å². The second kappa shape index (κ2) is 14.6. The quantitative estimate of drug-likeness (QED) is 0.210. The van der Waals surface area contributed by atoms with E-state index < -0.39 is 0 Å². The standard InChI is InChI=1S/C21H31Cl2NO4/c1-5-18-15-19(26-11-8-20(22)23)14-17(4)21(18)27-10-7-6-9-25-12-13-28-24-16(2)3/h8,14-15H,5-7,9-13H2,1-4H3. The number of hydrogen-bond acceptors (Lipinski definition) is 5. The molecule has 0 atom stereocenters. The van der Waals surface area contributed by atoms with Crippen molar-refractivity contribution >= 4 is 28.9 Å². The Labute approximate surface area is 178 Å². The zero-order chi connectivity index (χ0) is 20.8. The van der Waals surface area contributed by atoms with Crippen molar-refractivity contribution in [2.45, 2.75) is 47.0 Å². The number of halogens is 2. The van der Waals surface area contributed by atoms with Crippen molar-refractivity contribution in [3.8, 4) is 11.5 Å². The van der Waals surface area contributed by atoms with E-state index >= 15 is 0 Å². The molecule has 7 heteroatoms. The van der Waals surface area contributed by atoms with Crippen LogP contribution in [0.2, 0.25) is 0 Å². The molecular formula is C21H31Cl2NO4. The third-order valence-corrected chi connectivity index (χ3v) is 4.00. The molecule has 5 nitrogen and oxygen atoms in total. The molecule has 0 N–H and O–H groups in total. The highest BCUT2D eigenvalue weighted by atomic mass is 35.5. The van der Waals surface area contributed by atoms with Crippen molar-refractivity contribution in [3.05, 3.63) is 33.8 Å². The number of hydrogen-bond donors (Lipinski definition) is 0. The first-order chi connectivity index (χ1) is 13.4. The van der Waals surface area contributed by atoms with Crippen LogP contribution in [0.4, 0.5) is 0 Å². The van der Waals surface area contributed by atoms with Crippen LogP contribution in [0, 0.1) is 6.92 Å². The van der Waals surface area contributed by atoms with Crippen molar-refractivity contribution < 1.29 is 19.0 Å². The molecule has 0 bridgehead atoms. The average molecular weight is 432 g/mol. The second-order valence-corrected chi connectivity index (χ2v) is 7.43. The van der Waals surface area contributed by atoms with Crippen LogP contribution < -0.4 is 9.47 Å². The van der Waals surface area contributed by atoms with Crippen LogP contribution in [-0.2, 0) is 16.0 Å². The summed E-state index contributed by atoms with van der Waals surface area (Å²) >= 11 is 11.2. The Morgan fingerprint density at radius 3 is 2.46 bits per heavy atom. The SMILES string of the molecule is CCc1cc(OCC=C(Cl)Cl)cc(C)c1OCCCCOCCON=C(C)C. The van der Waals surface area contributed by atoms with E-state index in [-0.39, 0.29) is 4.49 Å². The van der Waals surface area contributed by atoms with Gasteiger partial charge in [-0.25, -0.2) is 0 Å². The minimum atomic E-state index is 0.202. The Kier molecular flexibility index (Phi) is 12.8. The molecule has 1 aromatic carbocycles. The normalized spacial score (nSPS) is 10.4. The van der Waals surface area contributed by atoms with Crippen LogP contribution >= 0.6 is 23.2 Å². The molecule has 0 saturated carbocycles. The summed E-state index contributed by atoms with van der Waals surface area (Å²) in [6.07, 6.45) is 4.33. The topological polar surface area (TPSA) is 49.3 Å². The van der Waals surface area contributed by atoms with Gasteiger partial charge in [0.1, 0.15) is 29.2 Å². The van der Waals surface area contributed by atoms with Crippen LogP contribution in [0.1, 0.15) is 44.7 Å². The van der Waals surface area contributed by atoms with Gasteiger partial charge in [-0.1, -0.05) is 35.3 Å². The fourth-order valence-corrected chi connectivity index (χ4v) is 2.54. The van der Waals surface area contributed by atoms with Crippen molar-refractivity contribution in [2.75, 3.05) is 33.0 Å². The van der Waals surface area contributed by atoms with Crippen LogP contribution in [0.5, 0.6) is 11.5 Å². The van der Waals surface area contributed by atoms with Crippen LogP contribution in [0.3, 0.4) is 0 Å². The maximum absolute atomic E-state index is 6.02. The number of rotatable bonds is 14. The monoisotopic (exact) mass is 431 g/mol. The largest absolute Gasteiger partial charge is 0.493 e. The summed E-state index contributed by atoms with van der Waals surface area (Å²) in [4.78, 5) is 5.08. The lowest BCUT2D eigenvalue weighted by Crippen LogP contribution is -2.06. The summed E-state index contributed by atoms with van der Waals surface area (Å²) < 4.78 is 17.4. The lowest BCUT2D eigenvalue weighted by Gasteiger charge is -2.15. The molecule has 0 saturated heterocycles. The molecule has 158 valence electrons. The lowest BCUT2D eigenvalue weighted by molar-refractivity contribution is 0.0483. The average Bonchev–Trinajstić information content (AvgIpc) is 2.63. The van der Waals surface area contributed by atoms with E-state index in [1.54, 1.807) is 6.08 Å². The van der Waals surface area contributed by atoms with Crippen LogP contribution in [0.25, 0.3) is 0 Å². The van der Waals surface area contributed by atoms with Gasteiger partial charge < -0.3 is 19.0 Å². The maximum atomic E-state index is 6.02. The molecule has 0 fully saturated rings. The second-order valence-electron chi connectivity index (χ2n) is 6.43. The minimum absolute atomic E-state index is 0.202. The molecule has 0 unspecified atom stereocenters. The summed E-state index contributed by atoms with van der Waals surface area (Å²) in [5.41, 5.74) is 3.07. The number of benzene rings is 1. The number of nitrogens with zero attached hydrogens (tertiary/aromatic N) is 1.